The van der Waals surface area contributed by atoms with Crippen molar-refractivity contribution in [3.63, 3.8) is 0 Å². The number of nitriles is 1. The van der Waals surface area contributed by atoms with Crippen LogP contribution < -0.4 is 15.0 Å². The smallest absolute Gasteiger partial charge is 0.412 e. The lowest BCUT2D eigenvalue weighted by atomic mass is 9.90. The average molecular weight is 792 g/mol. The van der Waals surface area contributed by atoms with Gasteiger partial charge in [0.1, 0.15) is 46.6 Å². The summed E-state index contributed by atoms with van der Waals surface area (Å²) in [4.78, 5) is 40.0. The van der Waals surface area contributed by atoms with Crippen molar-refractivity contribution in [3.8, 4) is 23.2 Å². The second kappa shape index (κ2) is 13.3. The van der Waals surface area contributed by atoms with Crippen LogP contribution in [0.2, 0.25) is 0 Å². The van der Waals surface area contributed by atoms with Crippen LogP contribution >= 0.6 is 11.3 Å². The van der Waals surface area contributed by atoms with Gasteiger partial charge in [-0.15, -0.1) is 11.3 Å². The summed E-state index contributed by atoms with van der Waals surface area (Å²) in [6.45, 7) is 6.82. The standard InChI is InChI=1S/C39H40F3N7O6S/c1-38(2,3)55-36(50)46-34-23(12-43)28-22(7-8-26(41)32(28)56-34)27-24-16-53-17-25(24)29-31(30(27)42)44-35(54-18-39-9-4-10-48(39)13-19(40)11-39)45-33(29)49-20-5-6-21(49)15-47(14-20)37(51)52/h7-8,19-21H,4-6,9-11,13-18H2,1-3H3,(H,46,50)(H,51,52)/t19-,20?,21?,39+/m1/s1. The van der Waals surface area contributed by atoms with Crippen LogP contribution in [0.4, 0.5) is 33.6 Å². The van der Waals surface area contributed by atoms with Gasteiger partial charge < -0.3 is 29.1 Å². The van der Waals surface area contributed by atoms with Gasteiger partial charge in [0.05, 0.1) is 34.4 Å². The van der Waals surface area contributed by atoms with Crippen LogP contribution in [0.3, 0.4) is 0 Å². The van der Waals surface area contributed by atoms with Gasteiger partial charge in [-0.05, 0) is 75.8 Å². The van der Waals surface area contributed by atoms with E-state index in [2.05, 4.69) is 21.2 Å². The van der Waals surface area contributed by atoms with Gasteiger partial charge in [0.2, 0.25) is 0 Å². The van der Waals surface area contributed by atoms with Gasteiger partial charge in [-0.3, -0.25) is 10.2 Å². The van der Waals surface area contributed by atoms with Crippen LogP contribution in [-0.2, 0) is 22.7 Å². The van der Waals surface area contributed by atoms with E-state index in [1.54, 1.807) is 20.8 Å². The van der Waals surface area contributed by atoms with Gasteiger partial charge in [-0.25, -0.2) is 22.8 Å². The lowest BCUT2D eigenvalue weighted by Crippen LogP contribution is -2.55. The number of carbonyl (C=O) groups is 2. The number of amides is 2. The molecule has 5 aliphatic heterocycles. The van der Waals surface area contributed by atoms with E-state index in [0.717, 1.165) is 30.7 Å². The minimum absolute atomic E-state index is 0.00549. The van der Waals surface area contributed by atoms with Crippen molar-refractivity contribution < 1.29 is 42.1 Å². The number of nitrogens with one attached hydrogen (secondary N) is 1. The molecule has 4 fully saturated rings. The van der Waals surface area contributed by atoms with Gasteiger partial charge in [0.15, 0.2) is 5.82 Å². The molecule has 2 unspecified atom stereocenters. The average Bonchev–Trinajstić information content (AvgIpc) is 3.95. The predicted octanol–water partition coefficient (Wildman–Crippen LogP) is 7.32. The molecule has 0 saturated carbocycles. The molecule has 56 heavy (non-hydrogen) atoms. The minimum atomic E-state index is -1.01. The normalized spacial score (nSPS) is 24.5. The van der Waals surface area contributed by atoms with Crippen molar-refractivity contribution >= 4 is 55.3 Å². The highest BCUT2D eigenvalue weighted by molar-refractivity contribution is 7.23. The summed E-state index contributed by atoms with van der Waals surface area (Å²) in [5, 5.41) is 23.4. The first-order valence-electron chi connectivity index (χ1n) is 18.8. The SMILES string of the molecule is CC(C)(C)OC(=O)Nc1sc2c(F)ccc(-c3c4c(c5c(N6C7CCC6CN(C(=O)O)C7)nc(OC[C@@]67CCCN6C[C@H](F)C7)nc5c3F)COC4)c2c1C#N. The first-order valence-corrected chi connectivity index (χ1v) is 19.6. The third-order valence-corrected chi connectivity index (χ3v) is 12.9. The molecular formula is C39H40F3N7O6S. The number of anilines is 2. The Kier molecular flexibility index (Phi) is 8.75. The maximum Gasteiger partial charge on any atom is 0.412 e. The summed E-state index contributed by atoms with van der Waals surface area (Å²) in [5.41, 5.74) is -0.113. The zero-order chi connectivity index (χ0) is 39.3. The van der Waals surface area contributed by atoms with Gasteiger partial charge in [0.25, 0.3) is 0 Å². The highest BCUT2D eigenvalue weighted by atomic mass is 32.1. The first kappa shape index (κ1) is 36.7. The van der Waals surface area contributed by atoms with E-state index < -0.39 is 41.1 Å². The lowest BCUT2D eigenvalue weighted by molar-refractivity contribution is 0.0636. The van der Waals surface area contributed by atoms with E-state index in [1.807, 2.05) is 0 Å². The van der Waals surface area contributed by atoms with Crippen LogP contribution in [0.15, 0.2) is 12.1 Å². The zero-order valence-electron chi connectivity index (χ0n) is 31.1. The predicted molar refractivity (Wildman–Crippen MR) is 201 cm³/mol. The molecule has 0 spiro atoms. The molecule has 2 amide bonds. The maximum absolute atomic E-state index is 17.8. The fourth-order valence-electron chi connectivity index (χ4n) is 9.55. The summed E-state index contributed by atoms with van der Waals surface area (Å²) in [7, 11) is 0. The van der Waals surface area contributed by atoms with E-state index in [4.69, 9.17) is 24.2 Å². The number of alkyl halides is 1. The number of carboxylic acid groups (broad SMARTS) is 1. The Hall–Kier alpha value is -4.92. The highest BCUT2D eigenvalue weighted by Gasteiger charge is 2.50. The van der Waals surface area contributed by atoms with Crippen molar-refractivity contribution in [2.75, 3.05) is 43.0 Å². The Morgan fingerprint density at radius 3 is 2.59 bits per heavy atom. The number of hydrogen-bond donors (Lipinski definition) is 2. The molecule has 4 saturated heterocycles. The highest BCUT2D eigenvalue weighted by Crippen LogP contribution is 2.49. The number of likely N-dealkylation sites (tertiary alicyclic amines) is 1. The van der Waals surface area contributed by atoms with Gasteiger partial charge in [0, 0.05) is 49.1 Å². The van der Waals surface area contributed by atoms with Crippen LogP contribution in [0.5, 0.6) is 6.01 Å². The molecule has 294 valence electrons. The molecular weight excluding hydrogens is 752 g/mol. The molecule has 4 atom stereocenters. The van der Waals surface area contributed by atoms with Crippen molar-refractivity contribution in [3.05, 3.63) is 40.5 Å². The summed E-state index contributed by atoms with van der Waals surface area (Å²) >= 11 is 0.848. The maximum atomic E-state index is 17.8. The number of hydrogen-bond acceptors (Lipinski definition) is 11. The molecule has 4 aromatic rings. The quantitative estimate of drug-likeness (QED) is 0.202. The number of rotatable bonds is 6. The van der Waals surface area contributed by atoms with Gasteiger partial charge >= 0.3 is 18.2 Å². The van der Waals surface area contributed by atoms with Gasteiger partial charge in [-0.1, -0.05) is 6.07 Å². The number of aromatic nitrogens is 2. The second-order valence-electron chi connectivity index (χ2n) is 16.4. The minimum Gasteiger partial charge on any atom is -0.465 e. The fourth-order valence-corrected chi connectivity index (χ4v) is 10.6. The summed E-state index contributed by atoms with van der Waals surface area (Å²) in [6.07, 6.45) is 0.530. The Bertz CT molecular complexity index is 2350. The third-order valence-electron chi connectivity index (χ3n) is 11.8. The second-order valence-corrected chi connectivity index (χ2v) is 17.4. The van der Waals surface area contributed by atoms with E-state index in [1.165, 1.54) is 17.0 Å². The topological polar surface area (TPSA) is 153 Å². The fraction of sp³-hybridized carbons (Fsp3) is 0.513. The van der Waals surface area contributed by atoms with Crippen molar-refractivity contribution in [1.82, 2.24) is 19.8 Å². The third kappa shape index (κ3) is 5.95. The largest absolute Gasteiger partial charge is 0.465 e. The summed E-state index contributed by atoms with van der Waals surface area (Å²) in [5.74, 6) is -1.01. The number of nitrogens with zero attached hydrogens (tertiary/aromatic N) is 6. The number of benzene rings is 2. The molecule has 5 aliphatic rings. The van der Waals surface area contributed by atoms with Crippen molar-refractivity contribution in [1.29, 1.82) is 5.26 Å². The lowest BCUT2D eigenvalue weighted by Gasteiger charge is -2.41. The van der Waals surface area contributed by atoms with E-state index >= 15 is 8.78 Å². The molecule has 2 aromatic carbocycles. The molecule has 2 aromatic heterocycles. The molecule has 17 heteroatoms. The molecule has 0 aliphatic carbocycles. The Balaban J connectivity index is 1.22. The molecule has 2 bridgehead atoms. The Labute approximate surface area is 323 Å². The Morgan fingerprint density at radius 1 is 1.12 bits per heavy atom. The monoisotopic (exact) mass is 791 g/mol. The van der Waals surface area contributed by atoms with Crippen LogP contribution in [0, 0.1) is 23.0 Å². The first-order chi connectivity index (χ1) is 26.7. The van der Waals surface area contributed by atoms with Crippen molar-refractivity contribution in [2.45, 2.75) is 95.5 Å². The number of halogens is 3. The Morgan fingerprint density at radius 2 is 1.88 bits per heavy atom. The molecule has 13 nitrogen and oxygen atoms in total. The van der Waals surface area contributed by atoms with Crippen LogP contribution in [0.1, 0.15) is 69.6 Å². The zero-order valence-corrected chi connectivity index (χ0v) is 31.9. The van der Waals surface area contributed by atoms with Crippen LogP contribution in [0.25, 0.3) is 32.1 Å². The van der Waals surface area contributed by atoms with Crippen LogP contribution in [-0.4, -0.2) is 99.2 Å². The molecule has 7 heterocycles. The van der Waals surface area contributed by atoms with E-state index in [0.29, 0.717) is 48.1 Å². The number of piperazine rings is 1. The van der Waals surface area contributed by atoms with E-state index in [-0.39, 0.29) is 88.3 Å². The molecule has 0 radical (unpaired) electrons. The van der Waals surface area contributed by atoms with E-state index in [9.17, 15) is 24.3 Å². The number of fused-ring (bicyclic) bond motifs is 7. The van der Waals surface area contributed by atoms with Gasteiger partial charge in [-0.2, -0.15) is 15.2 Å². The molecule has 2 N–H and O–H groups in total. The van der Waals surface area contributed by atoms with Crippen molar-refractivity contribution in [2.24, 2.45) is 0 Å². The summed E-state index contributed by atoms with van der Waals surface area (Å²) in [6, 6.07) is 4.14. The summed E-state index contributed by atoms with van der Waals surface area (Å²) < 4.78 is 65.8. The molecule has 9 rings (SSSR count). The number of thiophene rings is 1. The number of ether oxygens (including phenoxy) is 3. The number of carbonyl (C=O) groups excluding carboxylic acids is 1.